The number of likely N-dealkylation sites (tertiary alicyclic amines) is 1. The van der Waals surface area contributed by atoms with Crippen LogP contribution in [0.5, 0.6) is 0 Å². The van der Waals surface area contributed by atoms with Crippen LogP contribution in [0.25, 0.3) is 0 Å². The van der Waals surface area contributed by atoms with Crippen LogP contribution in [0.15, 0.2) is 11.8 Å². The van der Waals surface area contributed by atoms with Gasteiger partial charge in [-0.1, -0.05) is 0 Å². The molecule has 2 fully saturated rings. The van der Waals surface area contributed by atoms with Crippen LogP contribution in [0.2, 0.25) is 0 Å². The molecular weight excluding hydrogens is 332 g/mol. The van der Waals surface area contributed by atoms with Crippen molar-refractivity contribution in [2.45, 2.75) is 70.5 Å². The summed E-state index contributed by atoms with van der Waals surface area (Å²) in [6.45, 7) is 9.35. The smallest absolute Gasteiger partial charge is 0.306 e. The minimum atomic E-state index is -0.814. The SMILES string of the molecule is CC1(C)CC(N/C=C(/C#N)C(=O)N2CCC(C(=O)O)CC2)CC(C)(C)N1. The van der Waals surface area contributed by atoms with Gasteiger partial charge in [-0.2, -0.15) is 5.26 Å². The highest BCUT2D eigenvalue weighted by atomic mass is 16.4. The Morgan fingerprint density at radius 2 is 1.73 bits per heavy atom. The molecule has 0 aromatic heterocycles. The number of carboxylic acids is 1. The number of carboxylic acid groups (broad SMARTS) is 1. The van der Waals surface area contributed by atoms with E-state index in [0.717, 1.165) is 12.8 Å². The van der Waals surface area contributed by atoms with Crippen LogP contribution in [0.1, 0.15) is 53.4 Å². The van der Waals surface area contributed by atoms with Crippen LogP contribution in [-0.4, -0.2) is 52.1 Å². The average Bonchev–Trinajstić information content (AvgIpc) is 2.52. The summed E-state index contributed by atoms with van der Waals surface area (Å²) < 4.78 is 0. The van der Waals surface area contributed by atoms with Gasteiger partial charge in [0.05, 0.1) is 5.92 Å². The van der Waals surface area contributed by atoms with Gasteiger partial charge in [0.15, 0.2) is 0 Å². The van der Waals surface area contributed by atoms with Crippen molar-refractivity contribution in [2.24, 2.45) is 5.92 Å². The third-order valence-electron chi connectivity index (χ3n) is 5.14. The molecule has 7 heteroatoms. The zero-order chi connectivity index (χ0) is 19.5. The van der Waals surface area contributed by atoms with Crippen molar-refractivity contribution in [3.63, 3.8) is 0 Å². The van der Waals surface area contributed by atoms with Crippen molar-refractivity contribution < 1.29 is 14.7 Å². The number of aliphatic carboxylic acids is 1. The Kier molecular flexibility index (Phi) is 5.97. The molecule has 0 aliphatic carbocycles. The zero-order valence-corrected chi connectivity index (χ0v) is 16.1. The normalized spacial score (nSPS) is 24.0. The lowest BCUT2D eigenvalue weighted by Crippen LogP contribution is -2.61. The predicted octanol–water partition coefficient (Wildman–Crippen LogP) is 1.62. The van der Waals surface area contributed by atoms with E-state index in [4.69, 9.17) is 5.11 Å². The lowest BCUT2D eigenvalue weighted by molar-refractivity contribution is -0.145. The topological polar surface area (TPSA) is 105 Å². The number of piperidine rings is 2. The van der Waals surface area contributed by atoms with Crippen molar-refractivity contribution >= 4 is 11.9 Å². The van der Waals surface area contributed by atoms with Crippen LogP contribution in [0.4, 0.5) is 0 Å². The molecule has 1 amide bonds. The second-order valence-electron chi connectivity index (χ2n) is 8.74. The number of amides is 1. The highest BCUT2D eigenvalue weighted by molar-refractivity contribution is 5.97. The quantitative estimate of drug-likeness (QED) is 0.518. The molecule has 2 aliphatic heterocycles. The van der Waals surface area contributed by atoms with E-state index in [9.17, 15) is 14.9 Å². The molecule has 0 aromatic rings. The average molecular weight is 362 g/mol. The number of hydrogen-bond donors (Lipinski definition) is 3. The number of carbonyl (C=O) groups excluding carboxylic acids is 1. The first-order valence-electron chi connectivity index (χ1n) is 9.21. The first kappa shape index (κ1) is 20.2. The Balaban J connectivity index is 1.98. The second kappa shape index (κ2) is 7.67. The van der Waals surface area contributed by atoms with E-state index in [1.807, 2.05) is 6.07 Å². The molecule has 0 saturated carbocycles. The molecule has 0 unspecified atom stereocenters. The molecule has 0 bridgehead atoms. The fourth-order valence-electron chi connectivity index (χ4n) is 4.28. The van der Waals surface area contributed by atoms with E-state index in [1.165, 1.54) is 6.20 Å². The Bertz CT molecular complexity index is 609. The van der Waals surface area contributed by atoms with E-state index in [1.54, 1.807) is 4.90 Å². The summed E-state index contributed by atoms with van der Waals surface area (Å²) in [5.74, 6) is -1.53. The van der Waals surface area contributed by atoms with Crippen molar-refractivity contribution in [1.82, 2.24) is 15.5 Å². The van der Waals surface area contributed by atoms with Crippen molar-refractivity contribution in [1.29, 1.82) is 5.26 Å². The Labute approximate surface area is 155 Å². The number of hydrogen-bond acceptors (Lipinski definition) is 5. The molecule has 0 spiro atoms. The molecule has 2 aliphatic rings. The summed E-state index contributed by atoms with van der Waals surface area (Å²) in [4.78, 5) is 25.2. The van der Waals surface area contributed by atoms with Gasteiger partial charge in [-0.3, -0.25) is 9.59 Å². The summed E-state index contributed by atoms with van der Waals surface area (Å²) in [6, 6.07) is 2.17. The first-order chi connectivity index (χ1) is 12.0. The summed E-state index contributed by atoms with van der Waals surface area (Å²) in [5, 5.41) is 25.3. The first-order valence-corrected chi connectivity index (χ1v) is 9.21. The highest BCUT2D eigenvalue weighted by Gasteiger charge is 2.37. The molecule has 144 valence electrons. The number of nitriles is 1. The molecule has 0 atom stereocenters. The van der Waals surface area contributed by atoms with Gasteiger partial charge < -0.3 is 20.6 Å². The summed E-state index contributed by atoms with van der Waals surface area (Å²) in [5.41, 5.74) is 0.0268. The van der Waals surface area contributed by atoms with Crippen molar-refractivity contribution in [3.8, 4) is 6.07 Å². The Morgan fingerprint density at radius 3 is 2.19 bits per heavy atom. The van der Waals surface area contributed by atoms with Crippen LogP contribution < -0.4 is 10.6 Å². The molecule has 3 N–H and O–H groups in total. The molecule has 2 heterocycles. The molecule has 2 rings (SSSR count). The van der Waals surface area contributed by atoms with E-state index < -0.39 is 11.9 Å². The van der Waals surface area contributed by atoms with Gasteiger partial charge in [-0.05, 0) is 53.4 Å². The lowest BCUT2D eigenvalue weighted by Gasteiger charge is -2.46. The minimum Gasteiger partial charge on any atom is -0.481 e. The van der Waals surface area contributed by atoms with Gasteiger partial charge in [-0.15, -0.1) is 0 Å². The van der Waals surface area contributed by atoms with Crippen molar-refractivity contribution in [2.75, 3.05) is 13.1 Å². The summed E-state index contributed by atoms with van der Waals surface area (Å²) >= 11 is 0. The number of nitrogens with one attached hydrogen (secondary N) is 2. The predicted molar refractivity (Wildman–Crippen MR) is 98.1 cm³/mol. The molecular formula is C19H30N4O3. The standard InChI is InChI=1S/C19H30N4O3/c1-18(2)9-15(10-19(3,4)22-18)21-12-14(11-20)16(24)23-7-5-13(6-8-23)17(25)26/h12-13,15,21-22H,5-10H2,1-4H3,(H,25,26)/b14-12-. The molecule has 0 aromatic carbocycles. The second-order valence-corrected chi connectivity index (χ2v) is 8.74. The van der Waals surface area contributed by atoms with Crippen molar-refractivity contribution in [3.05, 3.63) is 11.8 Å². The van der Waals surface area contributed by atoms with Crippen LogP contribution >= 0.6 is 0 Å². The van der Waals surface area contributed by atoms with E-state index in [2.05, 4.69) is 38.3 Å². The maximum atomic E-state index is 12.6. The van der Waals surface area contributed by atoms with Crippen LogP contribution in [0.3, 0.4) is 0 Å². The third kappa shape index (κ3) is 5.21. The van der Waals surface area contributed by atoms with Gasteiger partial charge in [-0.25, -0.2) is 0 Å². The third-order valence-corrected chi connectivity index (χ3v) is 5.14. The molecule has 2 saturated heterocycles. The summed E-state index contributed by atoms with van der Waals surface area (Å²) in [6.07, 6.45) is 4.19. The van der Waals surface area contributed by atoms with E-state index in [0.29, 0.717) is 25.9 Å². The summed E-state index contributed by atoms with van der Waals surface area (Å²) in [7, 11) is 0. The van der Waals surface area contributed by atoms with E-state index >= 15 is 0 Å². The van der Waals surface area contributed by atoms with Gasteiger partial charge in [0.1, 0.15) is 11.6 Å². The monoisotopic (exact) mass is 362 g/mol. The number of rotatable bonds is 4. The molecule has 0 radical (unpaired) electrons. The Hall–Kier alpha value is -2.07. The van der Waals surface area contributed by atoms with Gasteiger partial charge >= 0.3 is 5.97 Å². The maximum absolute atomic E-state index is 12.6. The molecule has 7 nitrogen and oxygen atoms in total. The van der Waals surface area contributed by atoms with E-state index in [-0.39, 0.29) is 28.6 Å². The van der Waals surface area contributed by atoms with Crippen LogP contribution in [0, 0.1) is 17.2 Å². The fraction of sp³-hybridized carbons (Fsp3) is 0.737. The zero-order valence-electron chi connectivity index (χ0n) is 16.1. The van der Waals surface area contributed by atoms with Gasteiger partial charge in [0, 0.05) is 36.4 Å². The maximum Gasteiger partial charge on any atom is 0.306 e. The molecule has 26 heavy (non-hydrogen) atoms. The highest BCUT2D eigenvalue weighted by Crippen LogP contribution is 2.28. The fourth-order valence-corrected chi connectivity index (χ4v) is 4.28. The minimum absolute atomic E-state index is 0.0250. The van der Waals surface area contributed by atoms with Crippen LogP contribution in [-0.2, 0) is 9.59 Å². The number of nitrogens with zero attached hydrogens (tertiary/aromatic N) is 2. The number of carbonyl (C=O) groups is 2. The van der Waals surface area contributed by atoms with Gasteiger partial charge in [0.25, 0.3) is 5.91 Å². The largest absolute Gasteiger partial charge is 0.481 e. The Morgan fingerprint density at radius 1 is 1.19 bits per heavy atom. The van der Waals surface area contributed by atoms with Gasteiger partial charge in [0.2, 0.25) is 0 Å². The lowest BCUT2D eigenvalue weighted by atomic mass is 9.79.